The van der Waals surface area contributed by atoms with Crippen LogP contribution in [0.5, 0.6) is 0 Å². The normalized spacial score (nSPS) is 16.9. The molecule has 1 rings (SSSR count). The molecule has 1 heterocycles. The van der Waals surface area contributed by atoms with Gasteiger partial charge in [-0.15, -0.1) is 0 Å². The molecule has 6 heteroatoms. The van der Waals surface area contributed by atoms with Crippen LogP contribution in [-0.2, 0) is 9.63 Å². The van der Waals surface area contributed by atoms with Gasteiger partial charge in [0.15, 0.2) is 0 Å². The summed E-state index contributed by atoms with van der Waals surface area (Å²) in [7, 11) is 0. The summed E-state index contributed by atoms with van der Waals surface area (Å²) < 4.78 is 25.1. The Morgan fingerprint density at radius 2 is 2.31 bits per heavy atom. The van der Waals surface area contributed by atoms with Gasteiger partial charge in [-0.1, -0.05) is 11.6 Å². The molecule has 0 unspecified atom stereocenters. The summed E-state index contributed by atoms with van der Waals surface area (Å²) in [5, 5.41) is 9.80. The van der Waals surface area contributed by atoms with Crippen molar-refractivity contribution in [2.45, 2.75) is 19.8 Å². The molecular formula is C10H13F2NO3. The van der Waals surface area contributed by atoms with Crippen LogP contribution in [0.1, 0.15) is 13.8 Å². The highest BCUT2D eigenvalue weighted by Crippen LogP contribution is 2.18. The highest BCUT2D eigenvalue weighted by Gasteiger charge is 2.26. The van der Waals surface area contributed by atoms with E-state index in [2.05, 4.69) is 0 Å². The molecule has 0 radical (unpaired) electrons. The second kappa shape index (κ2) is 4.61. The molecule has 0 aromatic carbocycles. The third-order valence-electron chi connectivity index (χ3n) is 1.91. The van der Waals surface area contributed by atoms with E-state index in [4.69, 9.17) is 9.94 Å². The number of allylic oxidation sites excluding steroid dienone is 2. The molecule has 0 fully saturated rings. The van der Waals surface area contributed by atoms with E-state index in [9.17, 15) is 13.6 Å². The molecule has 1 N–H and O–H groups in total. The summed E-state index contributed by atoms with van der Waals surface area (Å²) >= 11 is 0. The van der Waals surface area contributed by atoms with Gasteiger partial charge in [0.05, 0.1) is 6.54 Å². The van der Waals surface area contributed by atoms with E-state index in [0.717, 1.165) is 10.6 Å². The van der Waals surface area contributed by atoms with E-state index in [0.29, 0.717) is 6.92 Å². The number of rotatable bonds is 4. The van der Waals surface area contributed by atoms with E-state index in [1.165, 1.54) is 6.08 Å². The van der Waals surface area contributed by atoms with Gasteiger partial charge in [-0.05, 0) is 13.0 Å². The zero-order valence-electron chi connectivity index (χ0n) is 9.04. The first-order valence-electron chi connectivity index (χ1n) is 4.69. The van der Waals surface area contributed by atoms with Crippen LogP contribution in [0.2, 0.25) is 0 Å². The number of hydrogen-bond acceptors (Lipinski definition) is 3. The van der Waals surface area contributed by atoms with Crippen LogP contribution < -0.4 is 0 Å². The number of hydrogen-bond donors (Lipinski definition) is 1. The van der Waals surface area contributed by atoms with Gasteiger partial charge < -0.3 is 5.11 Å². The Morgan fingerprint density at radius 3 is 2.81 bits per heavy atom. The maximum atomic E-state index is 12.5. The van der Waals surface area contributed by atoms with E-state index in [1.54, 1.807) is 13.0 Å². The molecule has 0 aliphatic carbocycles. The first-order chi connectivity index (χ1) is 7.29. The van der Waals surface area contributed by atoms with E-state index < -0.39 is 18.5 Å². The Morgan fingerprint density at radius 1 is 1.69 bits per heavy atom. The summed E-state index contributed by atoms with van der Waals surface area (Å²) in [5.41, 5.74) is 0.629. The number of halogens is 2. The number of aliphatic carboxylic acids is 1. The Balaban J connectivity index is 2.68. The van der Waals surface area contributed by atoms with Crippen LogP contribution >= 0.6 is 0 Å². The van der Waals surface area contributed by atoms with E-state index >= 15 is 0 Å². The van der Waals surface area contributed by atoms with Crippen molar-refractivity contribution in [2.75, 3.05) is 13.2 Å². The van der Waals surface area contributed by atoms with Crippen molar-refractivity contribution in [1.29, 1.82) is 0 Å². The van der Waals surface area contributed by atoms with Crippen LogP contribution in [0, 0.1) is 0 Å². The molecule has 0 aromatic heterocycles. The zero-order chi connectivity index (χ0) is 12.3. The monoisotopic (exact) mass is 233 g/mol. The van der Waals surface area contributed by atoms with Gasteiger partial charge >= 0.3 is 5.97 Å². The Hall–Kier alpha value is -1.43. The molecule has 90 valence electrons. The number of carboxylic acids is 1. The van der Waals surface area contributed by atoms with Crippen LogP contribution in [-0.4, -0.2) is 35.2 Å². The largest absolute Gasteiger partial charge is 0.477 e. The highest BCUT2D eigenvalue weighted by atomic mass is 19.3. The fraction of sp³-hybridized carbons (Fsp3) is 0.500. The SMILES string of the molecule is CC1=CCN(OCC(C)(F)F)C(C(=O)O)=C1. The molecule has 0 saturated heterocycles. The third kappa shape index (κ3) is 3.62. The second-order valence-corrected chi connectivity index (χ2v) is 3.69. The molecule has 1 aliphatic rings. The number of alkyl halides is 2. The topological polar surface area (TPSA) is 49.8 Å². The summed E-state index contributed by atoms with van der Waals surface area (Å²) in [6, 6.07) is 0. The van der Waals surface area contributed by atoms with Crippen LogP contribution in [0.15, 0.2) is 23.4 Å². The van der Waals surface area contributed by atoms with Crippen molar-refractivity contribution in [3.05, 3.63) is 23.4 Å². The van der Waals surface area contributed by atoms with E-state index in [-0.39, 0.29) is 12.2 Å². The number of carboxylic acid groups (broad SMARTS) is 1. The van der Waals surface area contributed by atoms with Gasteiger partial charge in [-0.2, -0.15) is 0 Å². The summed E-state index contributed by atoms with van der Waals surface area (Å²) in [4.78, 5) is 15.6. The van der Waals surface area contributed by atoms with Crippen LogP contribution in [0.4, 0.5) is 8.78 Å². The zero-order valence-corrected chi connectivity index (χ0v) is 9.04. The lowest BCUT2D eigenvalue weighted by atomic mass is 10.2. The molecule has 1 aliphatic heterocycles. The molecule has 0 bridgehead atoms. The van der Waals surface area contributed by atoms with Gasteiger partial charge in [0.25, 0.3) is 5.92 Å². The fourth-order valence-electron chi connectivity index (χ4n) is 1.15. The summed E-state index contributed by atoms with van der Waals surface area (Å²) in [6.07, 6.45) is 3.07. The Kier molecular flexibility index (Phi) is 3.64. The molecule has 0 spiro atoms. The van der Waals surface area contributed by atoms with E-state index in [1.807, 2.05) is 0 Å². The quantitative estimate of drug-likeness (QED) is 0.804. The molecule has 0 amide bonds. The lowest BCUT2D eigenvalue weighted by Gasteiger charge is -2.26. The molecule has 0 saturated carbocycles. The minimum absolute atomic E-state index is 0.135. The number of carbonyl (C=O) groups is 1. The molecule has 0 aromatic rings. The predicted molar refractivity (Wildman–Crippen MR) is 52.8 cm³/mol. The van der Waals surface area contributed by atoms with Crippen molar-refractivity contribution in [2.24, 2.45) is 0 Å². The number of hydroxylamine groups is 2. The lowest BCUT2D eigenvalue weighted by Crippen LogP contribution is -2.34. The molecular weight excluding hydrogens is 220 g/mol. The second-order valence-electron chi connectivity index (χ2n) is 3.69. The smallest absolute Gasteiger partial charge is 0.354 e. The van der Waals surface area contributed by atoms with Gasteiger partial charge in [-0.3, -0.25) is 4.84 Å². The van der Waals surface area contributed by atoms with Crippen molar-refractivity contribution in [3.63, 3.8) is 0 Å². The standard InChI is InChI=1S/C10H13F2NO3/c1-7-3-4-13(8(5-7)9(14)15)16-6-10(2,11)12/h3,5H,4,6H2,1-2H3,(H,14,15). The maximum absolute atomic E-state index is 12.5. The van der Waals surface area contributed by atoms with Crippen molar-refractivity contribution >= 4 is 5.97 Å². The van der Waals surface area contributed by atoms with Crippen LogP contribution in [0.3, 0.4) is 0 Å². The first kappa shape index (κ1) is 12.6. The average Bonchev–Trinajstić information content (AvgIpc) is 2.14. The summed E-state index contributed by atoms with van der Waals surface area (Å²) in [6.45, 7) is 1.75. The predicted octanol–water partition coefficient (Wildman–Crippen LogP) is 1.80. The van der Waals surface area contributed by atoms with Crippen molar-refractivity contribution in [3.8, 4) is 0 Å². The Bertz CT molecular complexity index is 344. The first-order valence-corrected chi connectivity index (χ1v) is 4.69. The van der Waals surface area contributed by atoms with Gasteiger partial charge in [0, 0.05) is 6.92 Å². The molecule has 0 atom stereocenters. The number of nitrogens with zero attached hydrogens (tertiary/aromatic N) is 1. The van der Waals surface area contributed by atoms with Gasteiger partial charge in [0.1, 0.15) is 12.3 Å². The minimum Gasteiger partial charge on any atom is -0.477 e. The fourth-order valence-corrected chi connectivity index (χ4v) is 1.15. The average molecular weight is 233 g/mol. The molecule has 4 nitrogen and oxygen atoms in total. The van der Waals surface area contributed by atoms with Crippen molar-refractivity contribution in [1.82, 2.24) is 5.06 Å². The Labute approximate surface area is 91.8 Å². The summed E-state index contributed by atoms with van der Waals surface area (Å²) in [5.74, 6) is -4.19. The van der Waals surface area contributed by atoms with Gasteiger partial charge in [-0.25, -0.2) is 18.6 Å². The highest BCUT2D eigenvalue weighted by molar-refractivity contribution is 5.86. The molecule has 16 heavy (non-hydrogen) atoms. The van der Waals surface area contributed by atoms with Crippen LogP contribution in [0.25, 0.3) is 0 Å². The van der Waals surface area contributed by atoms with Gasteiger partial charge in [0.2, 0.25) is 0 Å². The minimum atomic E-state index is -2.99. The van der Waals surface area contributed by atoms with Crippen molar-refractivity contribution < 1.29 is 23.5 Å². The lowest BCUT2D eigenvalue weighted by molar-refractivity contribution is -0.190. The third-order valence-corrected chi connectivity index (χ3v) is 1.91. The maximum Gasteiger partial charge on any atom is 0.354 e.